The summed E-state index contributed by atoms with van der Waals surface area (Å²) in [7, 11) is 0. The zero-order valence-corrected chi connectivity index (χ0v) is 11.9. The van der Waals surface area contributed by atoms with E-state index in [2.05, 4.69) is 26.0 Å². The molecule has 2 N–H and O–H groups in total. The van der Waals surface area contributed by atoms with Gasteiger partial charge >= 0.3 is 0 Å². The lowest BCUT2D eigenvalue weighted by molar-refractivity contribution is 0.154. The molecule has 0 aliphatic rings. The van der Waals surface area contributed by atoms with Gasteiger partial charge in [-0.15, -0.1) is 0 Å². The normalized spacial score (nSPS) is 12.4. The van der Waals surface area contributed by atoms with Gasteiger partial charge in [-0.2, -0.15) is 0 Å². The van der Waals surface area contributed by atoms with Crippen LogP contribution in [0.3, 0.4) is 0 Å². The number of nitrogens with two attached hydrogens (primary N) is 1. The summed E-state index contributed by atoms with van der Waals surface area (Å²) in [5, 5.41) is 0.549. The lowest BCUT2D eigenvalue weighted by atomic mass is 9.99. The van der Waals surface area contributed by atoms with Crippen molar-refractivity contribution in [2.75, 3.05) is 5.73 Å². The molecule has 19 heavy (non-hydrogen) atoms. The van der Waals surface area contributed by atoms with E-state index in [1.807, 2.05) is 24.3 Å². The molecular formula is C16H18ClNO. The minimum atomic E-state index is 0.00164. The van der Waals surface area contributed by atoms with Crippen molar-refractivity contribution >= 4 is 17.3 Å². The van der Waals surface area contributed by atoms with Crippen molar-refractivity contribution in [1.82, 2.24) is 0 Å². The SMILES string of the molecule is CC(C)C(Oc1ccc(Cl)c(N)c1)c1ccccc1. The highest BCUT2D eigenvalue weighted by molar-refractivity contribution is 6.33. The number of benzene rings is 2. The first-order valence-electron chi connectivity index (χ1n) is 6.34. The third-order valence-electron chi connectivity index (χ3n) is 2.96. The van der Waals surface area contributed by atoms with Gasteiger partial charge in [0.05, 0.1) is 10.7 Å². The molecule has 0 saturated heterocycles. The molecule has 2 aromatic carbocycles. The molecule has 0 heterocycles. The summed E-state index contributed by atoms with van der Waals surface area (Å²) in [6.45, 7) is 4.27. The third-order valence-corrected chi connectivity index (χ3v) is 3.31. The maximum absolute atomic E-state index is 6.06. The van der Waals surface area contributed by atoms with Crippen LogP contribution in [0.4, 0.5) is 5.69 Å². The van der Waals surface area contributed by atoms with Crippen molar-refractivity contribution < 1.29 is 4.74 Å². The van der Waals surface area contributed by atoms with Crippen molar-refractivity contribution in [2.45, 2.75) is 20.0 Å². The van der Waals surface area contributed by atoms with Gasteiger partial charge in [-0.3, -0.25) is 0 Å². The standard InChI is InChI=1S/C16H18ClNO/c1-11(2)16(12-6-4-3-5-7-12)19-13-8-9-14(17)15(18)10-13/h3-11,16H,18H2,1-2H3. The lowest BCUT2D eigenvalue weighted by Crippen LogP contribution is -2.14. The van der Waals surface area contributed by atoms with E-state index in [1.165, 1.54) is 0 Å². The van der Waals surface area contributed by atoms with Crippen LogP contribution in [-0.4, -0.2) is 0 Å². The Morgan fingerprint density at radius 2 is 1.74 bits per heavy atom. The van der Waals surface area contributed by atoms with Gasteiger partial charge in [0.2, 0.25) is 0 Å². The molecule has 2 rings (SSSR count). The molecule has 0 bridgehead atoms. The predicted molar refractivity (Wildman–Crippen MR) is 80.5 cm³/mol. The molecule has 1 unspecified atom stereocenters. The average molecular weight is 276 g/mol. The molecule has 0 saturated carbocycles. The highest BCUT2D eigenvalue weighted by Gasteiger charge is 2.17. The summed E-state index contributed by atoms with van der Waals surface area (Å²) >= 11 is 5.92. The van der Waals surface area contributed by atoms with Gasteiger partial charge in [0.25, 0.3) is 0 Å². The summed E-state index contributed by atoms with van der Waals surface area (Å²) in [5.41, 5.74) is 7.49. The van der Waals surface area contributed by atoms with Crippen molar-refractivity contribution in [1.29, 1.82) is 0 Å². The fraction of sp³-hybridized carbons (Fsp3) is 0.250. The predicted octanol–water partition coefficient (Wildman–Crippen LogP) is 4.70. The fourth-order valence-corrected chi connectivity index (χ4v) is 2.09. The van der Waals surface area contributed by atoms with E-state index in [-0.39, 0.29) is 6.10 Å². The van der Waals surface area contributed by atoms with E-state index in [4.69, 9.17) is 22.1 Å². The Morgan fingerprint density at radius 1 is 1.05 bits per heavy atom. The van der Waals surface area contributed by atoms with Gasteiger partial charge in [-0.1, -0.05) is 55.8 Å². The second-order valence-electron chi connectivity index (χ2n) is 4.88. The number of ether oxygens (including phenoxy) is 1. The molecule has 0 radical (unpaired) electrons. The molecular weight excluding hydrogens is 258 g/mol. The highest BCUT2D eigenvalue weighted by atomic mass is 35.5. The van der Waals surface area contributed by atoms with Gasteiger partial charge < -0.3 is 10.5 Å². The molecule has 0 aliphatic carbocycles. The van der Waals surface area contributed by atoms with Crippen LogP contribution in [0.15, 0.2) is 48.5 Å². The van der Waals surface area contributed by atoms with Gasteiger partial charge in [-0.05, 0) is 23.6 Å². The van der Waals surface area contributed by atoms with E-state index in [0.717, 1.165) is 11.3 Å². The zero-order valence-electron chi connectivity index (χ0n) is 11.1. The summed E-state index contributed by atoms with van der Waals surface area (Å²) in [4.78, 5) is 0. The molecule has 2 aromatic rings. The van der Waals surface area contributed by atoms with E-state index in [0.29, 0.717) is 16.6 Å². The van der Waals surface area contributed by atoms with Crippen LogP contribution < -0.4 is 10.5 Å². The van der Waals surface area contributed by atoms with Crippen LogP contribution >= 0.6 is 11.6 Å². The number of anilines is 1. The monoisotopic (exact) mass is 275 g/mol. The molecule has 0 aliphatic heterocycles. The second-order valence-corrected chi connectivity index (χ2v) is 5.28. The Labute approximate surface area is 119 Å². The summed E-state index contributed by atoms with van der Waals surface area (Å²) in [6, 6.07) is 15.6. The highest BCUT2D eigenvalue weighted by Crippen LogP contribution is 2.31. The smallest absolute Gasteiger partial charge is 0.126 e. The Bertz CT molecular complexity index is 540. The number of rotatable bonds is 4. The number of hydrogen-bond donors (Lipinski definition) is 1. The first-order chi connectivity index (χ1) is 9.08. The number of halogens is 1. The molecule has 0 fully saturated rings. The largest absolute Gasteiger partial charge is 0.485 e. The Hall–Kier alpha value is -1.67. The van der Waals surface area contributed by atoms with Crippen molar-refractivity contribution in [3.05, 3.63) is 59.1 Å². The van der Waals surface area contributed by atoms with E-state index < -0.39 is 0 Å². The van der Waals surface area contributed by atoms with Crippen LogP contribution in [0, 0.1) is 5.92 Å². The molecule has 2 nitrogen and oxygen atoms in total. The zero-order chi connectivity index (χ0) is 13.8. The maximum Gasteiger partial charge on any atom is 0.126 e. The van der Waals surface area contributed by atoms with Crippen LogP contribution in [0.2, 0.25) is 5.02 Å². The minimum Gasteiger partial charge on any atom is -0.485 e. The van der Waals surface area contributed by atoms with Gasteiger partial charge in [0.1, 0.15) is 11.9 Å². The maximum atomic E-state index is 6.06. The lowest BCUT2D eigenvalue weighted by Gasteiger charge is -2.23. The van der Waals surface area contributed by atoms with Crippen LogP contribution in [0.1, 0.15) is 25.5 Å². The molecule has 100 valence electrons. The summed E-state index contributed by atoms with van der Waals surface area (Å²) in [5.74, 6) is 1.10. The molecule has 0 amide bonds. The Morgan fingerprint density at radius 3 is 2.32 bits per heavy atom. The van der Waals surface area contributed by atoms with Crippen LogP contribution in [0.5, 0.6) is 5.75 Å². The van der Waals surface area contributed by atoms with Crippen LogP contribution in [-0.2, 0) is 0 Å². The first kappa shape index (κ1) is 13.8. The van der Waals surface area contributed by atoms with E-state index >= 15 is 0 Å². The third kappa shape index (κ3) is 3.42. The van der Waals surface area contributed by atoms with Crippen molar-refractivity contribution in [2.24, 2.45) is 5.92 Å². The molecule has 1 atom stereocenters. The summed E-state index contributed by atoms with van der Waals surface area (Å²) < 4.78 is 6.06. The van der Waals surface area contributed by atoms with Gasteiger partial charge in [-0.25, -0.2) is 0 Å². The topological polar surface area (TPSA) is 35.2 Å². The first-order valence-corrected chi connectivity index (χ1v) is 6.72. The van der Waals surface area contributed by atoms with Gasteiger partial charge in [0.15, 0.2) is 0 Å². The Kier molecular flexibility index (Phi) is 4.33. The van der Waals surface area contributed by atoms with Crippen molar-refractivity contribution in [3.8, 4) is 5.75 Å². The van der Waals surface area contributed by atoms with Crippen LogP contribution in [0.25, 0.3) is 0 Å². The van der Waals surface area contributed by atoms with E-state index in [9.17, 15) is 0 Å². The van der Waals surface area contributed by atoms with E-state index in [1.54, 1.807) is 12.1 Å². The number of nitrogen functional groups attached to an aromatic ring is 1. The fourth-order valence-electron chi connectivity index (χ4n) is 1.97. The second kappa shape index (κ2) is 5.98. The molecule has 0 spiro atoms. The number of hydrogen-bond acceptors (Lipinski definition) is 2. The molecule has 0 aromatic heterocycles. The van der Waals surface area contributed by atoms with Gasteiger partial charge in [0, 0.05) is 6.07 Å². The summed E-state index contributed by atoms with van der Waals surface area (Å²) in [6.07, 6.45) is 0.00164. The molecule has 3 heteroatoms. The minimum absolute atomic E-state index is 0.00164. The van der Waals surface area contributed by atoms with Crippen molar-refractivity contribution in [3.63, 3.8) is 0 Å². The quantitative estimate of drug-likeness (QED) is 0.821. The Balaban J connectivity index is 2.24. The average Bonchev–Trinajstić information content (AvgIpc) is 2.40.